The lowest BCUT2D eigenvalue weighted by molar-refractivity contribution is -0.121. The van der Waals surface area contributed by atoms with E-state index < -0.39 is 5.82 Å². The second-order valence-corrected chi connectivity index (χ2v) is 3.85. The molecule has 0 fully saturated rings. The van der Waals surface area contributed by atoms with Gasteiger partial charge in [0.2, 0.25) is 5.91 Å². The van der Waals surface area contributed by atoms with E-state index in [2.05, 4.69) is 15.6 Å². The molecule has 0 unspecified atom stereocenters. The molecule has 0 bridgehead atoms. The van der Waals surface area contributed by atoms with Crippen LogP contribution in [-0.2, 0) is 17.9 Å². The van der Waals surface area contributed by atoms with E-state index in [1.807, 2.05) is 0 Å². The molecule has 0 radical (unpaired) electrons. The number of aliphatic hydroxyl groups excluding tert-OH is 1. The van der Waals surface area contributed by atoms with Crippen LogP contribution in [0.3, 0.4) is 0 Å². The molecule has 100 valence electrons. The summed E-state index contributed by atoms with van der Waals surface area (Å²) in [6.07, 6.45) is 0. The van der Waals surface area contributed by atoms with E-state index in [1.165, 1.54) is 17.8 Å². The van der Waals surface area contributed by atoms with Crippen molar-refractivity contribution in [3.05, 3.63) is 35.8 Å². The first kappa shape index (κ1) is 13.2. The zero-order valence-electron chi connectivity index (χ0n) is 10.3. The zero-order valence-corrected chi connectivity index (χ0v) is 10.3. The first-order valence-corrected chi connectivity index (χ1v) is 5.66. The van der Waals surface area contributed by atoms with Crippen molar-refractivity contribution in [2.24, 2.45) is 0 Å². The normalized spacial score (nSPS) is 10.5. The summed E-state index contributed by atoms with van der Waals surface area (Å²) in [5.41, 5.74) is 0.790. The molecule has 0 atom stereocenters. The van der Waals surface area contributed by atoms with Crippen LogP contribution < -0.4 is 5.32 Å². The highest BCUT2D eigenvalue weighted by Crippen LogP contribution is 2.25. The Morgan fingerprint density at radius 1 is 1.47 bits per heavy atom. The van der Waals surface area contributed by atoms with Gasteiger partial charge in [0, 0.05) is 12.6 Å². The SMILES string of the molecule is CNC(=O)Cn1nnc(CO)c1-c1ccccc1F. The van der Waals surface area contributed by atoms with Crippen LogP contribution in [0, 0.1) is 5.82 Å². The monoisotopic (exact) mass is 264 g/mol. The standard InChI is InChI=1S/C12H13FN4O2/c1-14-11(19)6-17-12(10(7-18)15-16-17)8-4-2-3-5-9(8)13/h2-5,18H,6-7H2,1H3,(H,14,19). The van der Waals surface area contributed by atoms with Crippen molar-refractivity contribution in [1.29, 1.82) is 0 Å². The van der Waals surface area contributed by atoms with Crippen LogP contribution >= 0.6 is 0 Å². The van der Waals surface area contributed by atoms with E-state index >= 15 is 0 Å². The molecule has 1 aromatic heterocycles. The lowest BCUT2D eigenvalue weighted by Crippen LogP contribution is -2.24. The molecule has 7 heteroatoms. The number of rotatable bonds is 4. The lowest BCUT2D eigenvalue weighted by Gasteiger charge is -2.07. The van der Waals surface area contributed by atoms with Gasteiger partial charge < -0.3 is 10.4 Å². The Balaban J connectivity index is 2.51. The Bertz CT molecular complexity index is 597. The fourth-order valence-electron chi connectivity index (χ4n) is 1.73. The minimum atomic E-state index is -0.461. The average molecular weight is 264 g/mol. The Labute approximate surface area is 108 Å². The molecule has 1 heterocycles. The molecule has 0 aliphatic heterocycles. The fraction of sp³-hybridized carbons (Fsp3) is 0.250. The van der Waals surface area contributed by atoms with Gasteiger partial charge in [0.05, 0.1) is 12.3 Å². The third kappa shape index (κ3) is 2.60. The maximum atomic E-state index is 13.8. The minimum absolute atomic E-state index is 0.0901. The fourth-order valence-corrected chi connectivity index (χ4v) is 1.73. The molecule has 19 heavy (non-hydrogen) atoms. The van der Waals surface area contributed by atoms with Gasteiger partial charge in [-0.1, -0.05) is 17.3 Å². The van der Waals surface area contributed by atoms with Crippen molar-refractivity contribution >= 4 is 5.91 Å². The molecule has 2 aromatic rings. The van der Waals surface area contributed by atoms with Crippen molar-refractivity contribution in [2.75, 3.05) is 7.05 Å². The van der Waals surface area contributed by atoms with Gasteiger partial charge in [-0.15, -0.1) is 5.10 Å². The molecule has 0 aliphatic rings. The van der Waals surface area contributed by atoms with Crippen molar-refractivity contribution in [3.8, 4) is 11.3 Å². The summed E-state index contributed by atoms with van der Waals surface area (Å²) in [6.45, 7) is -0.468. The van der Waals surface area contributed by atoms with E-state index in [9.17, 15) is 14.3 Å². The zero-order chi connectivity index (χ0) is 13.8. The summed E-state index contributed by atoms with van der Waals surface area (Å²) in [6, 6.07) is 6.07. The van der Waals surface area contributed by atoms with E-state index in [4.69, 9.17) is 0 Å². The number of nitrogens with zero attached hydrogens (tertiary/aromatic N) is 3. The van der Waals surface area contributed by atoms with Gasteiger partial charge in [0.15, 0.2) is 0 Å². The predicted molar refractivity (Wildman–Crippen MR) is 65.4 cm³/mol. The second kappa shape index (κ2) is 5.57. The summed E-state index contributed by atoms with van der Waals surface area (Å²) in [5, 5.41) is 19.2. The minimum Gasteiger partial charge on any atom is -0.390 e. The van der Waals surface area contributed by atoms with E-state index in [0.717, 1.165) is 0 Å². The number of hydrogen-bond acceptors (Lipinski definition) is 4. The number of carbonyl (C=O) groups excluding carboxylic acids is 1. The van der Waals surface area contributed by atoms with Crippen LogP contribution in [0.5, 0.6) is 0 Å². The Hall–Kier alpha value is -2.28. The first-order valence-electron chi connectivity index (χ1n) is 5.66. The topological polar surface area (TPSA) is 80.0 Å². The molecular formula is C12H13FN4O2. The van der Waals surface area contributed by atoms with Gasteiger partial charge in [0.25, 0.3) is 0 Å². The molecule has 0 spiro atoms. The number of likely N-dealkylation sites (N-methyl/N-ethyl adjacent to an activating group) is 1. The van der Waals surface area contributed by atoms with Crippen LogP contribution in [0.2, 0.25) is 0 Å². The van der Waals surface area contributed by atoms with E-state index in [1.54, 1.807) is 18.2 Å². The molecule has 1 amide bonds. The highest BCUT2D eigenvalue weighted by molar-refractivity contribution is 5.76. The van der Waals surface area contributed by atoms with Crippen LogP contribution in [0.15, 0.2) is 24.3 Å². The van der Waals surface area contributed by atoms with Gasteiger partial charge in [-0.25, -0.2) is 9.07 Å². The predicted octanol–water partition coefficient (Wildman–Crippen LogP) is 0.322. The maximum Gasteiger partial charge on any atom is 0.241 e. The number of nitrogens with one attached hydrogen (secondary N) is 1. The maximum absolute atomic E-state index is 13.8. The van der Waals surface area contributed by atoms with Crippen molar-refractivity contribution < 1.29 is 14.3 Å². The van der Waals surface area contributed by atoms with Gasteiger partial charge >= 0.3 is 0 Å². The molecule has 0 saturated heterocycles. The molecule has 1 aromatic carbocycles. The number of halogens is 1. The smallest absolute Gasteiger partial charge is 0.241 e. The molecule has 2 N–H and O–H groups in total. The van der Waals surface area contributed by atoms with Gasteiger partial charge in [-0.3, -0.25) is 4.79 Å². The van der Waals surface area contributed by atoms with Crippen molar-refractivity contribution in [3.63, 3.8) is 0 Å². The summed E-state index contributed by atoms with van der Waals surface area (Å²) in [7, 11) is 1.50. The Kier molecular flexibility index (Phi) is 3.86. The van der Waals surface area contributed by atoms with Gasteiger partial charge in [-0.05, 0) is 12.1 Å². The molecular weight excluding hydrogens is 251 g/mol. The number of amides is 1. The van der Waals surface area contributed by atoms with Crippen molar-refractivity contribution in [2.45, 2.75) is 13.2 Å². The summed E-state index contributed by atoms with van der Waals surface area (Å²) >= 11 is 0. The highest BCUT2D eigenvalue weighted by Gasteiger charge is 2.18. The van der Waals surface area contributed by atoms with E-state index in [0.29, 0.717) is 5.69 Å². The van der Waals surface area contributed by atoms with Gasteiger partial charge in [0.1, 0.15) is 18.1 Å². The largest absolute Gasteiger partial charge is 0.390 e. The second-order valence-electron chi connectivity index (χ2n) is 3.85. The number of hydrogen-bond donors (Lipinski definition) is 2. The Morgan fingerprint density at radius 3 is 2.84 bits per heavy atom. The number of benzene rings is 1. The quantitative estimate of drug-likeness (QED) is 0.833. The summed E-state index contributed by atoms with van der Waals surface area (Å²) in [4.78, 5) is 11.4. The van der Waals surface area contributed by atoms with E-state index in [-0.39, 0.29) is 30.3 Å². The number of aromatic nitrogens is 3. The summed E-state index contributed by atoms with van der Waals surface area (Å²) in [5.74, 6) is -0.746. The van der Waals surface area contributed by atoms with Crippen LogP contribution in [0.4, 0.5) is 4.39 Å². The summed E-state index contributed by atoms with van der Waals surface area (Å²) < 4.78 is 15.1. The average Bonchev–Trinajstić information content (AvgIpc) is 2.82. The van der Waals surface area contributed by atoms with Crippen LogP contribution in [0.25, 0.3) is 11.3 Å². The first-order chi connectivity index (χ1) is 9.17. The molecule has 6 nitrogen and oxygen atoms in total. The third-order valence-electron chi connectivity index (χ3n) is 2.66. The van der Waals surface area contributed by atoms with Crippen LogP contribution in [-0.4, -0.2) is 33.1 Å². The van der Waals surface area contributed by atoms with Gasteiger partial charge in [-0.2, -0.15) is 0 Å². The number of carbonyl (C=O) groups is 1. The third-order valence-corrected chi connectivity index (χ3v) is 2.66. The molecule has 0 aliphatic carbocycles. The van der Waals surface area contributed by atoms with Crippen LogP contribution in [0.1, 0.15) is 5.69 Å². The molecule has 0 saturated carbocycles. The Morgan fingerprint density at radius 2 is 2.21 bits per heavy atom. The molecule has 2 rings (SSSR count). The number of aliphatic hydroxyl groups is 1. The highest BCUT2D eigenvalue weighted by atomic mass is 19.1. The van der Waals surface area contributed by atoms with Crippen molar-refractivity contribution in [1.82, 2.24) is 20.3 Å². The lowest BCUT2D eigenvalue weighted by atomic mass is 10.1.